The quantitative estimate of drug-likeness (QED) is 0.452. The molecule has 0 unspecified atom stereocenters. The smallest absolute Gasteiger partial charge is 0.261 e. The highest BCUT2D eigenvalue weighted by atomic mass is 35.5. The predicted octanol–water partition coefficient (Wildman–Crippen LogP) is 5.75. The van der Waals surface area contributed by atoms with Gasteiger partial charge in [-0.3, -0.25) is 9.52 Å². The number of nitrogens with one attached hydrogen (secondary N) is 2. The summed E-state index contributed by atoms with van der Waals surface area (Å²) >= 11 is 11.9. The molecule has 0 saturated heterocycles. The van der Waals surface area contributed by atoms with Crippen molar-refractivity contribution in [3.05, 3.63) is 81.8 Å². The maximum Gasteiger partial charge on any atom is 0.261 e. The fourth-order valence-corrected chi connectivity index (χ4v) is 4.40. The zero-order valence-electron chi connectivity index (χ0n) is 16.8. The van der Waals surface area contributed by atoms with Gasteiger partial charge in [-0.25, -0.2) is 8.42 Å². The van der Waals surface area contributed by atoms with E-state index in [1.807, 2.05) is 0 Å². The minimum absolute atomic E-state index is 0.0355. The van der Waals surface area contributed by atoms with Gasteiger partial charge in [-0.15, -0.1) is 0 Å². The number of benzene rings is 3. The Morgan fingerprint density at radius 3 is 2.39 bits per heavy atom. The van der Waals surface area contributed by atoms with E-state index in [4.69, 9.17) is 27.9 Å². The van der Waals surface area contributed by atoms with Crippen LogP contribution in [0.5, 0.6) is 5.75 Å². The molecule has 0 bridgehead atoms. The fourth-order valence-electron chi connectivity index (χ4n) is 2.82. The Bertz CT molecular complexity index is 1230. The van der Waals surface area contributed by atoms with Crippen molar-refractivity contribution in [1.82, 2.24) is 0 Å². The highest BCUT2D eigenvalue weighted by Gasteiger charge is 2.19. The third-order valence-electron chi connectivity index (χ3n) is 4.33. The van der Waals surface area contributed by atoms with Gasteiger partial charge in [0, 0.05) is 15.6 Å². The Kier molecular flexibility index (Phi) is 7.10. The molecule has 162 valence electrons. The molecule has 3 aromatic carbocycles. The molecule has 0 aliphatic carbocycles. The van der Waals surface area contributed by atoms with Crippen molar-refractivity contribution in [3.8, 4) is 5.75 Å². The number of anilines is 2. The molecule has 0 spiro atoms. The number of hydrogen-bond acceptors (Lipinski definition) is 4. The summed E-state index contributed by atoms with van der Waals surface area (Å²) in [4.78, 5) is 12.6. The average Bonchev–Trinajstić information content (AvgIpc) is 2.71. The lowest BCUT2D eigenvalue weighted by molar-refractivity contribution is 0.102. The first-order valence-electron chi connectivity index (χ1n) is 9.32. The first-order valence-corrected chi connectivity index (χ1v) is 11.6. The molecule has 0 heterocycles. The number of sulfonamides is 1. The number of carbonyl (C=O) groups is 1. The van der Waals surface area contributed by atoms with Gasteiger partial charge in [0.2, 0.25) is 0 Å². The Morgan fingerprint density at radius 2 is 1.71 bits per heavy atom. The van der Waals surface area contributed by atoms with Crippen molar-refractivity contribution in [2.24, 2.45) is 0 Å². The summed E-state index contributed by atoms with van der Waals surface area (Å²) in [7, 11) is -3.93. The van der Waals surface area contributed by atoms with Gasteiger partial charge in [-0.2, -0.15) is 0 Å². The molecule has 31 heavy (non-hydrogen) atoms. The van der Waals surface area contributed by atoms with Gasteiger partial charge >= 0.3 is 0 Å². The maximum atomic E-state index is 12.9. The summed E-state index contributed by atoms with van der Waals surface area (Å²) < 4.78 is 34.0. The standard InChI is InChI=1S/C22H20Cl2N2O4S/c1-3-30-21-10-8-18(31(28,29)26-19-9-7-17(24)11-14(19)2)13-20(21)25-22(27)15-5-4-6-16(23)12-15/h4-13,26H,3H2,1-2H3,(H,25,27). The van der Waals surface area contributed by atoms with Crippen LogP contribution < -0.4 is 14.8 Å². The van der Waals surface area contributed by atoms with Crippen molar-refractivity contribution < 1.29 is 17.9 Å². The Balaban J connectivity index is 1.94. The monoisotopic (exact) mass is 478 g/mol. The Labute approximate surface area is 191 Å². The number of amides is 1. The number of hydrogen-bond donors (Lipinski definition) is 2. The molecule has 0 aromatic heterocycles. The molecule has 0 radical (unpaired) electrons. The van der Waals surface area contributed by atoms with Crippen LogP contribution in [0.15, 0.2) is 65.6 Å². The highest BCUT2D eigenvalue weighted by Crippen LogP contribution is 2.30. The van der Waals surface area contributed by atoms with E-state index in [1.54, 1.807) is 50.2 Å². The van der Waals surface area contributed by atoms with Crippen LogP contribution in [-0.4, -0.2) is 20.9 Å². The van der Waals surface area contributed by atoms with Gasteiger partial charge in [0.25, 0.3) is 15.9 Å². The van der Waals surface area contributed by atoms with Crippen LogP contribution in [0, 0.1) is 6.92 Å². The topological polar surface area (TPSA) is 84.5 Å². The lowest BCUT2D eigenvalue weighted by Gasteiger charge is -2.15. The lowest BCUT2D eigenvalue weighted by atomic mass is 10.2. The van der Waals surface area contributed by atoms with E-state index in [1.165, 1.54) is 24.3 Å². The van der Waals surface area contributed by atoms with Crippen LogP contribution in [-0.2, 0) is 10.0 Å². The molecule has 3 rings (SSSR count). The Hall–Kier alpha value is -2.74. The minimum Gasteiger partial charge on any atom is -0.492 e. The number of halogens is 2. The molecule has 3 aromatic rings. The van der Waals surface area contributed by atoms with Crippen molar-refractivity contribution in [1.29, 1.82) is 0 Å². The second-order valence-electron chi connectivity index (χ2n) is 6.62. The second-order valence-corrected chi connectivity index (χ2v) is 9.18. The zero-order chi connectivity index (χ0) is 22.6. The van der Waals surface area contributed by atoms with E-state index in [0.29, 0.717) is 39.2 Å². The van der Waals surface area contributed by atoms with Crippen LogP contribution in [0.1, 0.15) is 22.8 Å². The number of ether oxygens (including phenoxy) is 1. The van der Waals surface area contributed by atoms with Gasteiger partial charge in [-0.05, 0) is 74.0 Å². The Morgan fingerprint density at radius 1 is 0.968 bits per heavy atom. The molecule has 0 atom stereocenters. The molecule has 0 aliphatic heterocycles. The van der Waals surface area contributed by atoms with E-state index in [9.17, 15) is 13.2 Å². The summed E-state index contributed by atoms with van der Waals surface area (Å²) in [6.07, 6.45) is 0. The van der Waals surface area contributed by atoms with E-state index >= 15 is 0 Å². The van der Waals surface area contributed by atoms with E-state index in [0.717, 1.165) is 0 Å². The average molecular weight is 479 g/mol. The van der Waals surface area contributed by atoms with E-state index < -0.39 is 15.9 Å². The lowest BCUT2D eigenvalue weighted by Crippen LogP contribution is -2.16. The van der Waals surface area contributed by atoms with E-state index in [2.05, 4.69) is 10.0 Å². The van der Waals surface area contributed by atoms with Crippen molar-refractivity contribution in [3.63, 3.8) is 0 Å². The van der Waals surface area contributed by atoms with Crippen LogP contribution in [0.2, 0.25) is 10.0 Å². The number of carbonyl (C=O) groups excluding carboxylic acids is 1. The van der Waals surface area contributed by atoms with Gasteiger partial charge in [0.15, 0.2) is 0 Å². The van der Waals surface area contributed by atoms with E-state index in [-0.39, 0.29) is 10.6 Å². The zero-order valence-corrected chi connectivity index (χ0v) is 19.1. The molecule has 0 fully saturated rings. The highest BCUT2D eigenvalue weighted by molar-refractivity contribution is 7.92. The van der Waals surface area contributed by atoms with Crippen molar-refractivity contribution >= 4 is 50.5 Å². The van der Waals surface area contributed by atoms with Crippen LogP contribution in [0.25, 0.3) is 0 Å². The van der Waals surface area contributed by atoms with Crippen LogP contribution in [0.3, 0.4) is 0 Å². The first kappa shape index (κ1) is 22.9. The first-order chi connectivity index (χ1) is 14.7. The SMILES string of the molecule is CCOc1ccc(S(=O)(=O)Nc2ccc(Cl)cc2C)cc1NC(=O)c1cccc(Cl)c1. The molecule has 6 nitrogen and oxygen atoms in total. The van der Waals surface area contributed by atoms with Crippen molar-refractivity contribution in [2.45, 2.75) is 18.7 Å². The molecular weight excluding hydrogens is 459 g/mol. The number of rotatable bonds is 7. The van der Waals surface area contributed by atoms with Crippen LogP contribution >= 0.6 is 23.2 Å². The summed E-state index contributed by atoms with van der Waals surface area (Å²) in [6, 6.07) is 15.5. The minimum atomic E-state index is -3.93. The van der Waals surface area contributed by atoms with Crippen LogP contribution in [0.4, 0.5) is 11.4 Å². The molecule has 1 amide bonds. The summed E-state index contributed by atoms with van der Waals surface area (Å²) in [5.74, 6) is -0.0981. The normalized spacial score (nSPS) is 11.1. The maximum absolute atomic E-state index is 12.9. The summed E-state index contributed by atoms with van der Waals surface area (Å²) in [6.45, 7) is 3.88. The molecule has 0 aliphatic rings. The molecule has 9 heteroatoms. The predicted molar refractivity (Wildman–Crippen MR) is 124 cm³/mol. The molecular formula is C22H20Cl2N2O4S. The third kappa shape index (κ3) is 5.70. The molecule has 2 N–H and O–H groups in total. The summed E-state index contributed by atoms with van der Waals surface area (Å²) in [5.41, 5.74) is 1.64. The summed E-state index contributed by atoms with van der Waals surface area (Å²) in [5, 5.41) is 3.62. The largest absolute Gasteiger partial charge is 0.492 e. The third-order valence-corrected chi connectivity index (χ3v) is 6.16. The van der Waals surface area contributed by atoms with Gasteiger partial charge in [-0.1, -0.05) is 29.3 Å². The van der Waals surface area contributed by atoms with Gasteiger partial charge in [0.05, 0.1) is 22.9 Å². The van der Waals surface area contributed by atoms with Gasteiger partial charge in [0.1, 0.15) is 5.75 Å². The van der Waals surface area contributed by atoms with Crippen molar-refractivity contribution in [2.75, 3.05) is 16.6 Å². The second kappa shape index (κ2) is 9.60. The number of aryl methyl sites for hydroxylation is 1. The molecule has 0 saturated carbocycles. The fraction of sp³-hybridized carbons (Fsp3) is 0.136. The van der Waals surface area contributed by atoms with Gasteiger partial charge < -0.3 is 10.1 Å².